The molecule has 0 aromatic heterocycles. The number of ether oxygens (including phenoxy) is 1. The highest BCUT2D eigenvalue weighted by Crippen LogP contribution is 2.46. The number of aliphatic hydroxyl groups excluding tert-OH is 4. The average molecular weight is 406 g/mol. The highest BCUT2D eigenvalue weighted by molar-refractivity contribution is 7.46. The third kappa shape index (κ3) is 5.92. The van der Waals surface area contributed by atoms with Gasteiger partial charge in [-0.05, 0) is 0 Å². The van der Waals surface area contributed by atoms with Crippen molar-refractivity contribution in [1.29, 1.82) is 0 Å². The Morgan fingerprint density at radius 3 is 2.35 bits per heavy atom. The van der Waals surface area contributed by atoms with Gasteiger partial charge in [-0.25, -0.2) is 9.09 Å². The lowest BCUT2D eigenvalue weighted by Crippen LogP contribution is -2.69. The Kier molecular flexibility index (Phi) is 8.72. The second kappa shape index (κ2) is 9.14. The Labute approximate surface area is 147 Å². The molecule has 0 aliphatic carbocycles. The fourth-order valence-corrected chi connectivity index (χ4v) is 2.98. The number of hydrogen-bond donors (Lipinski definition) is 8. The second-order valence-electron chi connectivity index (χ2n) is 5.44. The van der Waals surface area contributed by atoms with E-state index in [1.165, 1.54) is 0 Å². The van der Waals surface area contributed by atoms with Crippen LogP contribution in [0.15, 0.2) is 0 Å². The topological polar surface area (TPSA) is 263 Å². The van der Waals surface area contributed by atoms with E-state index in [4.69, 9.17) is 19.6 Å². The summed E-state index contributed by atoms with van der Waals surface area (Å²) in [6, 6.07) is -1.48. The molecule has 0 aromatic rings. The summed E-state index contributed by atoms with van der Waals surface area (Å²) >= 11 is 0. The van der Waals surface area contributed by atoms with Crippen molar-refractivity contribution in [2.75, 3.05) is 6.61 Å². The van der Waals surface area contributed by atoms with Gasteiger partial charge in [0.15, 0.2) is 0 Å². The van der Waals surface area contributed by atoms with Crippen LogP contribution in [0.5, 0.6) is 0 Å². The summed E-state index contributed by atoms with van der Waals surface area (Å²) < 4.78 is 20.0. The zero-order valence-electron chi connectivity index (χ0n) is 13.9. The minimum atomic E-state index is -5.45. The van der Waals surface area contributed by atoms with Gasteiger partial charge in [0.05, 0.1) is 18.8 Å². The van der Waals surface area contributed by atoms with E-state index in [1.807, 2.05) is 0 Å². The molecule has 1 amide bonds. The van der Waals surface area contributed by atoms with Crippen LogP contribution in [0.2, 0.25) is 0 Å². The van der Waals surface area contributed by atoms with Crippen LogP contribution in [-0.4, -0.2) is 84.9 Å². The highest BCUT2D eigenvalue weighted by Gasteiger charge is 2.54. The molecule has 11 N–H and O–H groups in total. The molecule has 1 aliphatic rings. The minimum Gasteiger partial charge on any atom is -0.544 e. The van der Waals surface area contributed by atoms with Gasteiger partial charge in [0.1, 0.15) is 24.3 Å². The Morgan fingerprint density at radius 2 is 1.96 bits per heavy atom. The number of carboxylic acid groups (broad SMARTS) is 1. The van der Waals surface area contributed by atoms with Crippen LogP contribution in [0, 0.1) is 0 Å². The van der Waals surface area contributed by atoms with E-state index < -0.39 is 69.0 Å². The van der Waals surface area contributed by atoms with E-state index in [1.54, 1.807) is 0 Å². The molecule has 14 nitrogen and oxygen atoms in total. The third-order valence-electron chi connectivity index (χ3n) is 3.44. The first kappa shape index (κ1) is 24.8. The molecule has 1 unspecified atom stereocenters. The van der Waals surface area contributed by atoms with Gasteiger partial charge in [-0.3, -0.25) is 4.79 Å². The molecular formula is C11H23N2O12P. The summed E-state index contributed by atoms with van der Waals surface area (Å²) in [7, 11) is -5.45. The first-order valence-corrected chi connectivity index (χ1v) is 8.43. The largest absolute Gasteiger partial charge is 0.544 e. The van der Waals surface area contributed by atoms with Crippen molar-refractivity contribution >= 4 is 19.7 Å². The van der Waals surface area contributed by atoms with Gasteiger partial charge >= 0.3 is 7.82 Å². The van der Waals surface area contributed by atoms with E-state index in [0.717, 1.165) is 6.92 Å². The number of carbonyl (C=O) groups excluding carboxylic acids is 2. The van der Waals surface area contributed by atoms with Crippen LogP contribution in [0.4, 0.5) is 0 Å². The minimum absolute atomic E-state index is 0. The first-order valence-electron chi connectivity index (χ1n) is 6.90. The fourth-order valence-electron chi connectivity index (χ4n) is 2.40. The fraction of sp³-hybridized carbons (Fsp3) is 0.818. The number of aliphatic carboxylic acids is 1. The third-order valence-corrected chi connectivity index (χ3v) is 3.97. The molecule has 15 heteroatoms. The van der Waals surface area contributed by atoms with Crippen molar-refractivity contribution < 1.29 is 58.7 Å². The second-order valence-corrected chi connectivity index (χ2v) is 6.61. The SMILES string of the molecule is CC(=O)N[C@H]1[C@H]([C@H](O)[C@H](O)CO)OC(OP(=O)(O)O)(C(=O)[O-])C[C@@H]1O.[NH4+]. The van der Waals surface area contributed by atoms with Gasteiger partial charge in [-0.2, -0.15) is 0 Å². The Balaban J connectivity index is 0.00000625. The molecule has 0 spiro atoms. The Bertz CT molecular complexity index is 555. The molecule has 1 rings (SSSR count). The normalized spacial score (nSPS) is 31.4. The number of carbonyl (C=O) groups is 2. The summed E-state index contributed by atoms with van der Waals surface area (Å²) in [5.41, 5.74) is 0. The number of hydrogen-bond acceptors (Lipinski definition) is 10. The van der Waals surface area contributed by atoms with E-state index in [2.05, 4.69) is 9.84 Å². The number of amides is 1. The van der Waals surface area contributed by atoms with Crippen molar-refractivity contribution in [3.05, 3.63) is 0 Å². The van der Waals surface area contributed by atoms with Crippen LogP contribution in [0.25, 0.3) is 0 Å². The van der Waals surface area contributed by atoms with Crippen molar-refractivity contribution in [3.63, 3.8) is 0 Å². The van der Waals surface area contributed by atoms with Gasteiger partial charge in [0.25, 0.3) is 0 Å². The van der Waals surface area contributed by atoms with E-state index in [9.17, 15) is 34.6 Å². The number of nitrogens with one attached hydrogen (secondary N) is 1. The molecule has 1 saturated heterocycles. The maximum Gasteiger partial charge on any atom is 0.472 e. The summed E-state index contributed by atoms with van der Waals surface area (Å²) in [6.07, 6.45) is -8.76. The molecule has 0 bridgehead atoms. The number of carboxylic acids is 1. The lowest BCUT2D eigenvalue weighted by Gasteiger charge is -2.48. The van der Waals surface area contributed by atoms with Crippen molar-refractivity contribution in [2.24, 2.45) is 0 Å². The maximum atomic E-state index is 11.3. The van der Waals surface area contributed by atoms with Crippen LogP contribution in [-0.2, 0) is 23.4 Å². The van der Waals surface area contributed by atoms with Gasteiger partial charge in [0.2, 0.25) is 11.7 Å². The number of phosphoric ester groups is 1. The molecule has 0 radical (unpaired) electrons. The summed E-state index contributed by atoms with van der Waals surface area (Å²) in [6.45, 7) is 0.0347. The number of phosphoric acid groups is 1. The zero-order chi connectivity index (χ0) is 19.6. The zero-order valence-corrected chi connectivity index (χ0v) is 14.8. The highest BCUT2D eigenvalue weighted by atomic mass is 31.2. The molecule has 0 saturated carbocycles. The predicted octanol–water partition coefficient (Wildman–Crippen LogP) is -4.71. The monoisotopic (exact) mass is 406 g/mol. The van der Waals surface area contributed by atoms with Crippen molar-refractivity contribution in [3.8, 4) is 0 Å². The van der Waals surface area contributed by atoms with Gasteiger partial charge in [0, 0.05) is 13.3 Å². The standard InChI is InChI=1S/C11H20NO12P.H3N/c1-4(14)12-7-5(15)2-11(10(18)19,24-25(20,21)22)23-9(7)8(17)6(16)3-13;/h5-9,13,15-17H,2-3H2,1H3,(H,12,14)(H,18,19)(H2,20,21,22);1H3/t5-,6+,7+,8+,9+,11?;/m0./s1. The Morgan fingerprint density at radius 1 is 1.42 bits per heavy atom. The Hall–Kier alpha value is -1.19. The molecular weight excluding hydrogens is 383 g/mol. The van der Waals surface area contributed by atoms with E-state index in [-0.39, 0.29) is 6.15 Å². The molecule has 1 aliphatic heterocycles. The molecule has 1 fully saturated rings. The van der Waals surface area contributed by atoms with Crippen LogP contribution in [0.1, 0.15) is 13.3 Å². The van der Waals surface area contributed by atoms with Crippen LogP contribution >= 0.6 is 7.82 Å². The smallest absolute Gasteiger partial charge is 0.472 e. The predicted molar refractivity (Wildman–Crippen MR) is 79.1 cm³/mol. The molecule has 154 valence electrons. The summed E-state index contributed by atoms with van der Waals surface area (Å²) in [4.78, 5) is 40.3. The van der Waals surface area contributed by atoms with Gasteiger partial charge in [-0.15, -0.1) is 0 Å². The first-order chi connectivity index (χ1) is 11.3. The number of rotatable bonds is 7. The van der Waals surface area contributed by atoms with Crippen molar-refractivity contribution in [1.82, 2.24) is 11.5 Å². The van der Waals surface area contributed by atoms with Crippen LogP contribution < -0.4 is 16.6 Å². The average Bonchev–Trinajstić information content (AvgIpc) is 2.46. The number of aliphatic hydroxyl groups is 4. The van der Waals surface area contributed by atoms with Crippen LogP contribution in [0.3, 0.4) is 0 Å². The molecule has 26 heavy (non-hydrogen) atoms. The van der Waals surface area contributed by atoms with Gasteiger partial charge < -0.3 is 56.3 Å². The van der Waals surface area contributed by atoms with E-state index in [0.29, 0.717) is 0 Å². The molecule has 6 atom stereocenters. The van der Waals surface area contributed by atoms with Crippen molar-refractivity contribution in [2.45, 2.75) is 49.6 Å². The maximum absolute atomic E-state index is 11.3. The molecule has 0 aromatic carbocycles. The van der Waals surface area contributed by atoms with Gasteiger partial charge in [-0.1, -0.05) is 0 Å². The number of quaternary nitrogens is 1. The van der Waals surface area contributed by atoms with E-state index >= 15 is 0 Å². The lowest BCUT2D eigenvalue weighted by molar-refractivity contribution is -0.369. The molecule has 1 heterocycles. The summed E-state index contributed by atoms with van der Waals surface area (Å²) in [5.74, 6) is -6.17. The summed E-state index contributed by atoms with van der Waals surface area (Å²) in [5, 5.41) is 52.0. The lowest BCUT2D eigenvalue weighted by atomic mass is 9.88. The quantitative estimate of drug-likeness (QED) is 0.185.